The molecule has 3 amide bonds. The van der Waals surface area contributed by atoms with Gasteiger partial charge in [-0.15, -0.1) is 0 Å². The van der Waals surface area contributed by atoms with Gasteiger partial charge in [0.1, 0.15) is 23.4 Å². The SMILES string of the molecule is CCC(C)C(NC(=O)OC(C)(C)C)C(=O)N(C1CC1)C(C(=O)Nc1ccccc1C)c1cccc(C)c1O. The van der Waals surface area contributed by atoms with Gasteiger partial charge in [-0.1, -0.05) is 56.7 Å². The lowest BCUT2D eigenvalue weighted by atomic mass is 9.94. The van der Waals surface area contributed by atoms with E-state index in [2.05, 4.69) is 10.6 Å². The molecule has 0 bridgehead atoms. The summed E-state index contributed by atoms with van der Waals surface area (Å²) in [6.45, 7) is 12.8. The third-order valence-electron chi connectivity index (χ3n) is 6.84. The number of amides is 3. The molecule has 3 N–H and O–H groups in total. The van der Waals surface area contributed by atoms with Gasteiger partial charge in [-0.2, -0.15) is 0 Å². The summed E-state index contributed by atoms with van der Waals surface area (Å²) in [4.78, 5) is 42.5. The number of aromatic hydroxyl groups is 1. The first kappa shape index (κ1) is 29.0. The van der Waals surface area contributed by atoms with Crippen LogP contribution in [-0.4, -0.2) is 45.6 Å². The van der Waals surface area contributed by atoms with Crippen molar-refractivity contribution in [1.82, 2.24) is 10.2 Å². The Balaban J connectivity index is 2.06. The van der Waals surface area contributed by atoms with Gasteiger partial charge in [-0.05, 0) is 70.6 Å². The Morgan fingerprint density at radius 2 is 1.68 bits per heavy atom. The summed E-state index contributed by atoms with van der Waals surface area (Å²) >= 11 is 0. The summed E-state index contributed by atoms with van der Waals surface area (Å²) in [5, 5.41) is 16.8. The van der Waals surface area contributed by atoms with Gasteiger partial charge >= 0.3 is 6.09 Å². The molecule has 206 valence electrons. The van der Waals surface area contributed by atoms with Gasteiger partial charge in [0, 0.05) is 17.3 Å². The monoisotopic (exact) mass is 523 g/mol. The summed E-state index contributed by atoms with van der Waals surface area (Å²) in [6, 6.07) is 10.4. The van der Waals surface area contributed by atoms with Crippen LogP contribution in [0.15, 0.2) is 42.5 Å². The third-order valence-corrected chi connectivity index (χ3v) is 6.84. The smallest absolute Gasteiger partial charge is 0.408 e. The molecule has 0 aliphatic heterocycles. The normalized spacial score (nSPS) is 15.7. The summed E-state index contributed by atoms with van der Waals surface area (Å²) in [5.74, 6) is -1.06. The Morgan fingerprint density at radius 3 is 2.26 bits per heavy atom. The highest BCUT2D eigenvalue weighted by atomic mass is 16.6. The molecule has 0 aromatic heterocycles. The van der Waals surface area contributed by atoms with E-state index >= 15 is 0 Å². The van der Waals surface area contributed by atoms with Gasteiger partial charge in [0.15, 0.2) is 0 Å². The molecular formula is C30H41N3O5. The predicted molar refractivity (Wildman–Crippen MR) is 148 cm³/mol. The van der Waals surface area contributed by atoms with Crippen LogP contribution in [0.4, 0.5) is 10.5 Å². The lowest BCUT2D eigenvalue weighted by molar-refractivity contribution is -0.142. The van der Waals surface area contributed by atoms with Gasteiger partial charge in [-0.3, -0.25) is 9.59 Å². The number of carbonyl (C=O) groups is 3. The van der Waals surface area contributed by atoms with Gasteiger partial charge in [0.25, 0.3) is 5.91 Å². The van der Waals surface area contributed by atoms with Gasteiger partial charge < -0.3 is 25.4 Å². The predicted octanol–water partition coefficient (Wildman–Crippen LogP) is 5.62. The zero-order valence-electron chi connectivity index (χ0n) is 23.5. The topological polar surface area (TPSA) is 108 Å². The van der Waals surface area contributed by atoms with Crippen molar-refractivity contribution in [2.75, 3.05) is 5.32 Å². The van der Waals surface area contributed by atoms with Crippen molar-refractivity contribution in [2.45, 2.75) is 91.5 Å². The van der Waals surface area contributed by atoms with E-state index < -0.39 is 29.7 Å². The van der Waals surface area contributed by atoms with Gasteiger partial charge in [0.05, 0.1) is 0 Å². The van der Waals surface area contributed by atoms with E-state index in [1.807, 2.05) is 39.0 Å². The van der Waals surface area contributed by atoms with Crippen molar-refractivity contribution in [2.24, 2.45) is 5.92 Å². The number of phenols is 1. The standard InChI is InChI=1S/C30H41N3O5/c1-8-18(2)24(32-29(37)38-30(5,6)7)28(36)33(21-16-17-21)25(22-14-11-13-20(4)26(22)34)27(35)31-23-15-10-9-12-19(23)3/h9-15,18,21,24-25,34H,8,16-17H2,1-7H3,(H,31,35)(H,32,37). The first-order valence-electron chi connectivity index (χ1n) is 13.3. The molecule has 1 saturated carbocycles. The van der Waals surface area contributed by atoms with Crippen LogP contribution in [-0.2, 0) is 14.3 Å². The number of carbonyl (C=O) groups excluding carboxylic acids is 3. The fourth-order valence-corrected chi connectivity index (χ4v) is 4.38. The largest absolute Gasteiger partial charge is 0.507 e. The number of benzene rings is 2. The van der Waals surface area contributed by atoms with Crippen LogP contribution in [0.1, 0.15) is 76.6 Å². The van der Waals surface area contributed by atoms with Crippen molar-refractivity contribution in [3.63, 3.8) is 0 Å². The molecule has 0 heterocycles. The van der Waals surface area contributed by atoms with E-state index in [4.69, 9.17) is 4.74 Å². The molecule has 8 nitrogen and oxygen atoms in total. The second-order valence-corrected chi connectivity index (χ2v) is 11.2. The second-order valence-electron chi connectivity index (χ2n) is 11.2. The maximum Gasteiger partial charge on any atom is 0.408 e. The van der Waals surface area contributed by atoms with Crippen LogP contribution in [0.25, 0.3) is 0 Å². The quantitative estimate of drug-likeness (QED) is 0.395. The van der Waals surface area contributed by atoms with Gasteiger partial charge in [-0.25, -0.2) is 4.79 Å². The molecule has 0 spiro atoms. The number of anilines is 1. The molecule has 2 aromatic carbocycles. The number of aryl methyl sites for hydroxylation is 2. The number of hydrogen-bond acceptors (Lipinski definition) is 5. The molecule has 1 aliphatic carbocycles. The number of nitrogens with zero attached hydrogens (tertiary/aromatic N) is 1. The molecule has 1 aliphatic rings. The first-order valence-corrected chi connectivity index (χ1v) is 13.3. The van der Waals surface area contributed by atoms with Crippen molar-refractivity contribution >= 4 is 23.6 Å². The molecule has 2 aromatic rings. The number of alkyl carbamates (subject to hydrolysis) is 1. The molecule has 3 rings (SSSR count). The summed E-state index contributed by atoms with van der Waals surface area (Å²) < 4.78 is 5.45. The van der Waals surface area contributed by atoms with Crippen LogP contribution >= 0.6 is 0 Å². The molecule has 8 heteroatoms. The maximum atomic E-state index is 14.3. The fourth-order valence-electron chi connectivity index (χ4n) is 4.38. The van der Waals surface area contributed by atoms with Crippen LogP contribution < -0.4 is 10.6 Å². The van der Waals surface area contributed by atoms with Crippen molar-refractivity contribution in [3.8, 4) is 5.75 Å². The first-order chi connectivity index (χ1) is 17.8. The van der Waals surface area contributed by atoms with E-state index in [1.165, 1.54) is 0 Å². The number of phenolic OH excluding ortho intramolecular Hbond substituents is 1. The maximum absolute atomic E-state index is 14.3. The third kappa shape index (κ3) is 7.05. The summed E-state index contributed by atoms with van der Waals surface area (Å²) in [7, 11) is 0. The number of ether oxygens (including phenoxy) is 1. The summed E-state index contributed by atoms with van der Waals surface area (Å²) in [5.41, 5.74) is 1.72. The lowest BCUT2D eigenvalue weighted by Crippen LogP contribution is -2.55. The van der Waals surface area contributed by atoms with Gasteiger partial charge in [0.2, 0.25) is 5.91 Å². The Hall–Kier alpha value is -3.55. The Kier molecular flexibility index (Phi) is 9.07. The summed E-state index contributed by atoms with van der Waals surface area (Å²) in [6.07, 6.45) is 1.39. The minimum Gasteiger partial charge on any atom is -0.507 e. The average molecular weight is 524 g/mol. The van der Waals surface area contributed by atoms with Crippen molar-refractivity contribution < 1.29 is 24.2 Å². The molecule has 1 fully saturated rings. The molecule has 38 heavy (non-hydrogen) atoms. The number of hydrogen-bond donors (Lipinski definition) is 3. The Bertz CT molecular complexity index is 1170. The minimum atomic E-state index is -1.10. The highest BCUT2D eigenvalue weighted by Crippen LogP contribution is 2.40. The number of para-hydroxylation sites is 2. The zero-order valence-corrected chi connectivity index (χ0v) is 23.5. The van der Waals surface area contributed by atoms with E-state index in [0.717, 1.165) is 18.4 Å². The van der Waals surface area contributed by atoms with Crippen molar-refractivity contribution in [1.29, 1.82) is 0 Å². The molecule has 3 atom stereocenters. The average Bonchev–Trinajstić information content (AvgIpc) is 3.67. The van der Waals surface area contributed by atoms with E-state index in [0.29, 0.717) is 23.2 Å². The number of nitrogens with one attached hydrogen (secondary N) is 2. The molecular weight excluding hydrogens is 482 g/mol. The van der Waals surface area contributed by atoms with Crippen LogP contribution in [0, 0.1) is 19.8 Å². The molecule has 0 radical (unpaired) electrons. The Labute approximate surface area is 225 Å². The van der Waals surface area contributed by atoms with E-state index in [-0.39, 0.29) is 23.6 Å². The highest BCUT2D eigenvalue weighted by molar-refractivity contribution is 6.00. The molecule has 3 unspecified atom stereocenters. The number of rotatable bonds is 9. The minimum absolute atomic E-state index is 0.0314. The molecule has 0 saturated heterocycles. The van der Waals surface area contributed by atoms with Crippen LogP contribution in [0.3, 0.4) is 0 Å². The van der Waals surface area contributed by atoms with E-state index in [9.17, 15) is 19.5 Å². The van der Waals surface area contributed by atoms with Crippen molar-refractivity contribution in [3.05, 3.63) is 59.2 Å². The second kappa shape index (κ2) is 11.9. The lowest BCUT2D eigenvalue weighted by Gasteiger charge is -2.36. The van der Waals surface area contributed by atoms with E-state index in [1.54, 1.807) is 56.9 Å². The fraction of sp³-hybridized carbons (Fsp3) is 0.500. The van der Waals surface area contributed by atoms with Crippen LogP contribution in [0.5, 0.6) is 5.75 Å². The van der Waals surface area contributed by atoms with Crippen LogP contribution in [0.2, 0.25) is 0 Å². The zero-order chi connectivity index (χ0) is 28.2. The Morgan fingerprint density at radius 1 is 1.05 bits per heavy atom. The highest BCUT2D eigenvalue weighted by Gasteiger charge is 2.46.